The third-order valence-electron chi connectivity index (χ3n) is 2.43. The maximum absolute atomic E-state index is 11.7. The highest BCUT2D eigenvalue weighted by Gasteiger charge is 2.24. The highest BCUT2D eigenvalue weighted by molar-refractivity contribution is 5.78. The van der Waals surface area contributed by atoms with Crippen LogP contribution in [0.3, 0.4) is 0 Å². The zero-order valence-corrected chi connectivity index (χ0v) is 9.92. The lowest BCUT2D eigenvalue weighted by molar-refractivity contribution is -0.133. The summed E-state index contributed by atoms with van der Waals surface area (Å²) in [5.41, 5.74) is -0.814. The second-order valence-corrected chi connectivity index (χ2v) is 4.88. The van der Waals surface area contributed by atoms with E-state index >= 15 is 0 Å². The lowest BCUT2D eigenvalue weighted by atomic mass is 10.1. The summed E-state index contributed by atoms with van der Waals surface area (Å²) in [7, 11) is 0. The maximum Gasteiger partial charge on any atom is 0.236 e. The van der Waals surface area contributed by atoms with Crippen molar-refractivity contribution in [2.24, 2.45) is 0 Å². The molecule has 0 radical (unpaired) electrons. The van der Waals surface area contributed by atoms with Gasteiger partial charge in [0.15, 0.2) is 0 Å². The van der Waals surface area contributed by atoms with Crippen LogP contribution in [0.4, 0.5) is 0 Å². The Hall–Kier alpha value is -0.610. The van der Waals surface area contributed by atoms with Crippen molar-refractivity contribution >= 4 is 5.91 Å². The number of nitrogens with zero attached hydrogens (tertiary/aromatic N) is 1. The standard InChI is InChI=1S/C11H22N2O2/c1-4-13(8-11(2,3)15)10(14)7-12-9-5-6-9/h9,12,15H,4-8H2,1-3H3. The molecule has 0 bridgehead atoms. The molecule has 1 amide bonds. The molecule has 0 unspecified atom stereocenters. The van der Waals surface area contributed by atoms with Crippen molar-refractivity contribution in [2.75, 3.05) is 19.6 Å². The van der Waals surface area contributed by atoms with Crippen molar-refractivity contribution in [3.05, 3.63) is 0 Å². The zero-order valence-electron chi connectivity index (χ0n) is 9.92. The summed E-state index contributed by atoms with van der Waals surface area (Å²) in [5, 5.41) is 12.8. The lowest BCUT2D eigenvalue weighted by Crippen LogP contribution is -2.45. The molecular formula is C11H22N2O2. The molecule has 0 aromatic carbocycles. The van der Waals surface area contributed by atoms with Gasteiger partial charge in [0.2, 0.25) is 5.91 Å². The van der Waals surface area contributed by atoms with Crippen molar-refractivity contribution in [3.8, 4) is 0 Å². The van der Waals surface area contributed by atoms with Crippen LogP contribution in [0.2, 0.25) is 0 Å². The molecule has 1 aliphatic rings. The van der Waals surface area contributed by atoms with Gasteiger partial charge >= 0.3 is 0 Å². The molecule has 4 nitrogen and oxygen atoms in total. The van der Waals surface area contributed by atoms with E-state index in [4.69, 9.17) is 0 Å². The Balaban J connectivity index is 2.31. The van der Waals surface area contributed by atoms with E-state index in [-0.39, 0.29) is 5.91 Å². The molecule has 0 aromatic heterocycles. The maximum atomic E-state index is 11.7. The van der Waals surface area contributed by atoms with E-state index in [1.54, 1.807) is 18.7 Å². The Kier molecular flexibility index (Phi) is 4.11. The average molecular weight is 214 g/mol. The molecule has 0 aliphatic heterocycles. The molecule has 88 valence electrons. The summed E-state index contributed by atoms with van der Waals surface area (Å²) in [6.45, 7) is 6.81. The van der Waals surface area contributed by atoms with E-state index in [0.717, 1.165) is 0 Å². The first kappa shape index (κ1) is 12.5. The number of amides is 1. The van der Waals surface area contributed by atoms with Crippen LogP contribution in [0, 0.1) is 0 Å². The fraction of sp³-hybridized carbons (Fsp3) is 0.909. The van der Waals surface area contributed by atoms with E-state index in [9.17, 15) is 9.90 Å². The Morgan fingerprint density at radius 2 is 2.13 bits per heavy atom. The first-order chi connectivity index (χ1) is 6.92. The smallest absolute Gasteiger partial charge is 0.236 e. The zero-order chi connectivity index (χ0) is 11.5. The van der Waals surface area contributed by atoms with Crippen LogP contribution in [0.1, 0.15) is 33.6 Å². The van der Waals surface area contributed by atoms with Gasteiger partial charge in [-0.25, -0.2) is 0 Å². The van der Waals surface area contributed by atoms with Gasteiger partial charge in [-0.3, -0.25) is 4.79 Å². The third-order valence-corrected chi connectivity index (χ3v) is 2.43. The second-order valence-electron chi connectivity index (χ2n) is 4.88. The predicted molar refractivity (Wildman–Crippen MR) is 59.6 cm³/mol. The number of carbonyl (C=O) groups excluding carboxylic acids is 1. The molecule has 0 aromatic rings. The minimum Gasteiger partial charge on any atom is -0.389 e. The number of aliphatic hydroxyl groups is 1. The van der Waals surface area contributed by atoms with Crippen molar-refractivity contribution < 1.29 is 9.90 Å². The number of likely N-dealkylation sites (N-methyl/N-ethyl adjacent to an activating group) is 1. The van der Waals surface area contributed by atoms with Gasteiger partial charge in [0.05, 0.1) is 12.1 Å². The normalized spacial score (nSPS) is 16.5. The Morgan fingerprint density at radius 1 is 1.53 bits per heavy atom. The van der Waals surface area contributed by atoms with E-state index in [2.05, 4.69) is 5.32 Å². The van der Waals surface area contributed by atoms with Gasteiger partial charge in [-0.05, 0) is 33.6 Å². The highest BCUT2D eigenvalue weighted by atomic mass is 16.3. The fourth-order valence-electron chi connectivity index (χ4n) is 1.47. The molecule has 0 spiro atoms. The molecule has 0 atom stereocenters. The predicted octanol–water partition coefficient (Wildman–Crippen LogP) is 0.358. The van der Waals surface area contributed by atoms with Crippen LogP contribution in [0.5, 0.6) is 0 Å². The van der Waals surface area contributed by atoms with Gasteiger partial charge in [0.25, 0.3) is 0 Å². The number of nitrogens with one attached hydrogen (secondary N) is 1. The van der Waals surface area contributed by atoms with Crippen LogP contribution in [0.25, 0.3) is 0 Å². The summed E-state index contributed by atoms with van der Waals surface area (Å²) in [6.07, 6.45) is 2.37. The van der Waals surface area contributed by atoms with Crippen LogP contribution < -0.4 is 5.32 Å². The number of carbonyl (C=O) groups is 1. The average Bonchev–Trinajstić information content (AvgIpc) is 2.92. The Morgan fingerprint density at radius 3 is 2.53 bits per heavy atom. The van der Waals surface area contributed by atoms with Crippen molar-refractivity contribution in [1.82, 2.24) is 10.2 Å². The number of hydrogen-bond acceptors (Lipinski definition) is 3. The quantitative estimate of drug-likeness (QED) is 0.671. The molecule has 4 heteroatoms. The van der Waals surface area contributed by atoms with Crippen LogP contribution >= 0.6 is 0 Å². The highest BCUT2D eigenvalue weighted by Crippen LogP contribution is 2.18. The number of rotatable bonds is 6. The molecule has 15 heavy (non-hydrogen) atoms. The van der Waals surface area contributed by atoms with Gasteiger partial charge in [-0.1, -0.05) is 0 Å². The molecule has 1 saturated carbocycles. The van der Waals surface area contributed by atoms with E-state index < -0.39 is 5.60 Å². The second kappa shape index (κ2) is 4.94. The SMILES string of the molecule is CCN(CC(C)(C)O)C(=O)CNC1CC1. The summed E-state index contributed by atoms with van der Waals surface area (Å²) in [4.78, 5) is 13.4. The summed E-state index contributed by atoms with van der Waals surface area (Å²) in [5.74, 6) is 0.0755. The van der Waals surface area contributed by atoms with Crippen molar-refractivity contribution in [3.63, 3.8) is 0 Å². The lowest BCUT2D eigenvalue weighted by Gasteiger charge is -2.28. The first-order valence-corrected chi connectivity index (χ1v) is 5.66. The monoisotopic (exact) mass is 214 g/mol. The van der Waals surface area contributed by atoms with E-state index in [1.807, 2.05) is 6.92 Å². The molecule has 2 N–H and O–H groups in total. The first-order valence-electron chi connectivity index (χ1n) is 5.66. The topological polar surface area (TPSA) is 52.6 Å². The van der Waals surface area contributed by atoms with Gasteiger partial charge < -0.3 is 15.3 Å². The van der Waals surface area contributed by atoms with Gasteiger partial charge in [0, 0.05) is 19.1 Å². The van der Waals surface area contributed by atoms with E-state index in [0.29, 0.717) is 25.7 Å². The molecule has 1 rings (SSSR count). The fourth-order valence-corrected chi connectivity index (χ4v) is 1.47. The number of hydrogen-bond donors (Lipinski definition) is 2. The molecule has 1 fully saturated rings. The largest absolute Gasteiger partial charge is 0.389 e. The van der Waals surface area contributed by atoms with Crippen LogP contribution in [0.15, 0.2) is 0 Å². The van der Waals surface area contributed by atoms with E-state index in [1.165, 1.54) is 12.8 Å². The minimum atomic E-state index is -0.814. The summed E-state index contributed by atoms with van der Waals surface area (Å²) in [6, 6.07) is 0.551. The minimum absolute atomic E-state index is 0.0755. The van der Waals surface area contributed by atoms with Crippen molar-refractivity contribution in [2.45, 2.75) is 45.3 Å². The molecule has 0 heterocycles. The molecule has 0 saturated heterocycles. The Labute approximate surface area is 91.6 Å². The molecular weight excluding hydrogens is 192 g/mol. The Bertz CT molecular complexity index is 219. The van der Waals surface area contributed by atoms with Crippen LogP contribution in [-0.2, 0) is 4.79 Å². The summed E-state index contributed by atoms with van der Waals surface area (Å²) < 4.78 is 0. The van der Waals surface area contributed by atoms with Gasteiger partial charge in [-0.15, -0.1) is 0 Å². The summed E-state index contributed by atoms with van der Waals surface area (Å²) >= 11 is 0. The third kappa shape index (κ3) is 5.14. The van der Waals surface area contributed by atoms with Crippen molar-refractivity contribution in [1.29, 1.82) is 0 Å². The van der Waals surface area contributed by atoms with Gasteiger partial charge in [0.1, 0.15) is 0 Å². The van der Waals surface area contributed by atoms with Crippen LogP contribution in [-0.4, -0.2) is 47.2 Å². The van der Waals surface area contributed by atoms with Gasteiger partial charge in [-0.2, -0.15) is 0 Å². The molecule has 1 aliphatic carbocycles.